The van der Waals surface area contributed by atoms with Gasteiger partial charge in [-0.15, -0.1) is 0 Å². The number of carbonyl (C=O) groups is 2. The highest BCUT2D eigenvalue weighted by atomic mass is 19.4. The summed E-state index contributed by atoms with van der Waals surface area (Å²) in [6.45, 7) is -0.833. The van der Waals surface area contributed by atoms with Gasteiger partial charge in [-0.05, 0) is 0 Å². The van der Waals surface area contributed by atoms with Gasteiger partial charge in [0.2, 0.25) is 11.8 Å². The van der Waals surface area contributed by atoms with Crippen molar-refractivity contribution < 1.29 is 46.1 Å². The van der Waals surface area contributed by atoms with Crippen LogP contribution < -0.4 is 5.32 Å². The Morgan fingerprint density at radius 2 is 1.47 bits per heavy atom. The Kier molecular flexibility index (Phi) is 5.60. The van der Waals surface area contributed by atoms with E-state index in [2.05, 4.69) is 0 Å². The largest absolute Gasteiger partial charge is 0.480 e. The van der Waals surface area contributed by atoms with Gasteiger partial charge in [0.25, 0.3) is 0 Å². The number of amides is 1. The van der Waals surface area contributed by atoms with E-state index < -0.39 is 49.2 Å². The van der Waals surface area contributed by atoms with Crippen molar-refractivity contribution in [3.05, 3.63) is 0 Å². The third-order valence-electron chi connectivity index (χ3n) is 1.95. The van der Waals surface area contributed by atoms with E-state index in [4.69, 9.17) is 10.2 Å². The summed E-state index contributed by atoms with van der Waals surface area (Å²) in [4.78, 5) is 21.4. The highest BCUT2D eigenvalue weighted by Crippen LogP contribution is 2.39. The van der Waals surface area contributed by atoms with Gasteiger partial charge in [0, 0.05) is 13.0 Å². The Labute approximate surface area is 102 Å². The average Bonchev–Trinajstić information content (AvgIpc) is 2.11. The molecule has 19 heavy (non-hydrogen) atoms. The third-order valence-corrected chi connectivity index (χ3v) is 1.95. The van der Waals surface area contributed by atoms with Crippen LogP contribution in [-0.4, -0.2) is 47.1 Å². The minimum atomic E-state index is -5.90. The monoisotopic (exact) mass is 297 g/mol. The van der Waals surface area contributed by atoms with Crippen LogP contribution in [0.4, 0.5) is 26.3 Å². The van der Waals surface area contributed by atoms with Gasteiger partial charge in [0.05, 0.1) is 0 Å². The third kappa shape index (κ3) is 5.32. The average molecular weight is 297 g/mol. The summed E-state index contributed by atoms with van der Waals surface area (Å²) in [7, 11) is 0. The second-order valence-corrected chi connectivity index (χ2v) is 3.43. The lowest BCUT2D eigenvalue weighted by Crippen LogP contribution is -2.52. The van der Waals surface area contributed by atoms with E-state index in [0.29, 0.717) is 0 Å². The van der Waals surface area contributed by atoms with E-state index in [1.54, 1.807) is 0 Å². The number of carboxylic acids is 1. The number of nitrogens with one attached hydrogen (secondary N) is 1. The molecule has 0 rings (SSSR count). The van der Waals surface area contributed by atoms with Gasteiger partial charge in [-0.25, -0.2) is 4.79 Å². The number of alkyl halides is 6. The molecule has 0 saturated carbocycles. The number of aliphatic hydroxyl groups is 1. The normalized spacial score (nSPS) is 14.3. The number of carboxylic acid groups (broad SMARTS) is 1. The van der Waals surface area contributed by atoms with Gasteiger partial charge >= 0.3 is 18.3 Å². The molecule has 0 fully saturated rings. The Morgan fingerprint density at radius 1 is 1.05 bits per heavy atom. The quantitative estimate of drug-likeness (QED) is 0.651. The lowest BCUT2D eigenvalue weighted by Gasteiger charge is -2.23. The van der Waals surface area contributed by atoms with Crippen molar-refractivity contribution in [2.45, 2.75) is 24.8 Å². The fraction of sp³-hybridized carbons (Fsp3) is 0.750. The van der Waals surface area contributed by atoms with Gasteiger partial charge in [0.15, 0.2) is 0 Å². The molecule has 11 heteroatoms. The molecular formula is C8H9F6NO4. The molecule has 0 saturated heterocycles. The molecule has 0 radical (unpaired) electrons. The number of halogens is 6. The molecule has 1 atom stereocenters. The van der Waals surface area contributed by atoms with Gasteiger partial charge in [0.1, 0.15) is 6.04 Å². The SMILES string of the molecule is O=C(N[C@H](CCO)C(=O)O)C(C(F)(F)F)C(F)(F)F. The molecule has 0 bridgehead atoms. The van der Waals surface area contributed by atoms with Crippen LogP contribution in [-0.2, 0) is 9.59 Å². The number of aliphatic hydroxyl groups excluding tert-OH is 1. The van der Waals surface area contributed by atoms with Crippen LogP contribution in [0.25, 0.3) is 0 Å². The first kappa shape index (κ1) is 17.5. The molecule has 1 amide bonds. The first-order valence-electron chi connectivity index (χ1n) is 4.68. The maximum atomic E-state index is 12.1. The van der Waals surface area contributed by atoms with Crippen LogP contribution in [0.15, 0.2) is 0 Å². The number of hydrogen-bond donors (Lipinski definition) is 3. The maximum absolute atomic E-state index is 12.1. The maximum Gasteiger partial charge on any atom is 0.409 e. The zero-order valence-electron chi connectivity index (χ0n) is 9.05. The summed E-state index contributed by atoms with van der Waals surface area (Å²) in [6, 6.07) is -2.04. The molecule has 0 aromatic rings. The molecule has 5 nitrogen and oxygen atoms in total. The Hall–Kier alpha value is -1.52. The summed E-state index contributed by atoms with van der Waals surface area (Å²) >= 11 is 0. The first-order chi connectivity index (χ1) is 8.41. The number of aliphatic carboxylic acids is 1. The van der Waals surface area contributed by atoms with Crippen molar-refractivity contribution in [1.82, 2.24) is 5.32 Å². The predicted molar refractivity (Wildman–Crippen MR) is 46.9 cm³/mol. The smallest absolute Gasteiger partial charge is 0.409 e. The van der Waals surface area contributed by atoms with Crippen molar-refractivity contribution in [2.75, 3.05) is 6.61 Å². The first-order valence-corrected chi connectivity index (χ1v) is 4.68. The summed E-state index contributed by atoms with van der Waals surface area (Å²) in [6.07, 6.45) is -12.5. The second kappa shape index (κ2) is 6.08. The van der Waals surface area contributed by atoms with Crippen molar-refractivity contribution in [3.63, 3.8) is 0 Å². The van der Waals surface area contributed by atoms with E-state index in [1.807, 2.05) is 0 Å². The van der Waals surface area contributed by atoms with Crippen LogP contribution in [0, 0.1) is 5.92 Å². The van der Waals surface area contributed by atoms with Crippen LogP contribution in [0.2, 0.25) is 0 Å². The lowest BCUT2D eigenvalue weighted by atomic mass is 10.1. The Morgan fingerprint density at radius 3 is 1.74 bits per heavy atom. The summed E-state index contributed by atoms with van der Waals surface area (Å²) in [5.41, 5.74) is 0. The van der Waals surface area contributed by atoms with Gasteiger partial charge < -0.3 is 15.5 Å². The highest BCUT2D eigenvalue weighted by molar-refractivity contribution is 5.85. The lowest BCUT2D eigenvalue weighted by molar-refractivity contribution is -0.274. The molecule has 0 spiro atoms. The summed E-state index contributed by atoms with van der Waals surface area (Å²) < 4.78 is 72.8. The van der Waals surface area contributed by atoms with E-state index in [1.165, 1.54) is 0 Å². The number of carbonyl (C=O) groups excluding carboxylic acids is 1. The van der Waals surface area contributed by atoms with E-state index >= 15 is 0 Å². The van der Waals surface area contributed by atoms with Gasteiger partial charge in [-0.1, -0.05) is 0 Å². The van der Waals surface area contributed by atoms with Crippen molar-refractivity contribution in [2.24, 2.45) is 5.92 Å². The van der Waals surface area contributed by atoms with Crippen molar-refractivity contribution in [1.29, 1.82) is 0 Å². The highest BCUT2D eigenvalue weighted by Gasteiger charge is 2.61. The van der Waals surface area contributed by atoms with Crippen LogP contribution >= 0.6 is 0 Å². The molecule has 0 aromatic heterocycles. The fourth-order valence-corrected chi connectivity index (χ4v) is 1.12. The standard InChI is InChI=1S/C8H9F6NO4/c9-7(10,11)4(8(12,13)14)5(17)15-3(1-2-16)6(18)19/h3-4,16H,1-2H2,(H,15,17)(H,18,19)/t3-/m1/s1. The molecule has 112 valence electrons. The molecule has 0 heterocycles. The molecule has 3 N–H and O–H groups in total. The van der Waals surface area contributed by atoms with E-state index in [9.17, 15) is 35.9 Å². The van der Waals surface area contributed by atoms with E-state index in [-0.39, 0.29) is 0 Å². The molecule has 0 aliphatic carbocycles. The van der Waals surface area contributed by atoms with Crippen LogP contribution in [0.5, 0.6) is 0 Å². The predicted octanol–water partition coefficient (Wildman–Crippen LogP) is 0.679. The topological polar surface area (TPSA) is 86.6 Å². The minimum absolute atomic E-state index is 0.719. The molecule has 0 unspecified atom stereocenters. The Bertz CT molecular complexity index is 325. The van der Waals surface area contributed by atoms with Crippen molar-refractivity contribution >= 4 is 11.9 Å². The second-order valence-electron chi connectivity index (χ2n) is 3.43. The Balaban J connectivity index is 5.08. The number of hydrogen-bond acceptors (Lipinski definition) is 3. The minimum Gasteiger partial charge on any atom is -0.480 e. The fourth-order valence-electron chi connectivity index (χ4n) is 1.12. The van der Waals surface area contributed by atoms with E-state index in [0.717, 1.165) is 5.32 Å². The molecule has 0 aliphatic heterocycles. The summed E-state index contributed by atoms with van der Waals surface area (Å²) in [5, 5.41) is 17.9. The zero-order chi connectivity index (χ0) is 15.4. The van der Waals surface area contributed by atoms with Gasteiger partial charge in [-0.3, -0.25) is 4.79 Å². The molecular weight excluding hydrogens is 288 g/mol. The van der Waals surface area contributed by atoms with Crippen LogP contribution in [0.1, 0.15) is 6.42 Å². The zero-order valence-corrected chi connectivity index (χ0v) is 9.05. The van der Waals surface area contributed by atoms with Crippen LogP contribution in [0.3, 0.4) is 0 Å². The molecule has 0 aliphatic rings. The summed E-state index contributed by atoms with van der Waals surface area (Å²) in [5.74, 6) is -8.70. The number of rotatable bonds is 5. The van der Waals surface area contributed by atoms with Gasteiger partial charge in [-0.2, -0.15) is 26.3 Å². The van der Waals surface area contributed by atoms with Crippen molar-refractivity contribution in [3.8, 4) is 0 Å². The molecule has 0 aromatic carbocycles.